The number of anilines is 2. The fraction of sp³-hybridized carbons (Fsp3) is 0.167. The van der Waals surface area contributed by atoms with Crippen LogP contribution in [-0.4, -0.2) is 10.9 Å². The highest BCUT2D eigenvalue weighted by atomic mass is 32.1. The average molecular weight is 283 g/mol. The van der Waals surface area contributed by atoms with Crippen molar-refractivity contribution in [2.75, 3.05) is 11.1 Å². The first-order valence-corrected chi connectivity index (χ1v) is 6.20. The molecule has 0 saturated heterocycles. The van der Waals surface area contributed by atoms with E-state index in [4.69, 9.17) is 5.73 Å². The molecular formula is C12H11F2N3OS. The molecule has 0 radical (unpaired) electrons. The summed E-state index contributed by atoms with van der Waals surface area (Å²) in [4.78, 5) is 16.9. The molecule has 0 fully saturated rings. The van der Waals surface area contributed by atoms with Gasteiger partial charge in [0.05, 0.1) is 16.9 Å². The maximum absolute atomic E-state index is 13.6. The van der Waals surface area contributed by atoms with Crippen LogP contribution in [0.1, 0.15) is 20.9 Å². The number of rotatable bonds is 2. The number of amides is 1. The Morgan fingerprint density at radius 3 is 2.63 bits per heavy atom. The number of nitrogens with one attached hydrogen (secondary N) is 1. The molecular weight excluding hydrogens is 272 g/mol. The van der Waals surface area contributed by atoms with Gasteiger partial charge in [0.15, 0.2) is 10.9 Å². The van der Waals surface area contributed by atoms with Gasteiger partial charge in [-0.3, -0.25) is 10.1 Å². The maximum atomic E-state index is 13.6. The van der Waals surface area contributed by atoms with Gasteiger partial charge >= 0.3 is 0 Å². The third-order valence-electron chi connectivity index (χ3n) is 2.56. The van der Waals surface area contributed by atoms with Crippen LogP contribution in [0.3, 0.4) is 0 Å². The summed E-state index contributed by atoms with van der Waals surface area (Å²) in [5.41, 5.74) is 5.20. The molecule has 2 rings (SSSR count). The Hall–Kier alpha value is -2.02. The summed E-state index contributed by atoms with van der Waals surface area (Å²) >= 11 is 1.26. The van der Waals surface area contributed by atoms with Gasteiger partial charge in [-0.2, -0.15) is 0 Å². The van der Waals surface area contributed by atoms with Crippen molar-refractivity contribution in [1.29, 1.82) is 0 Å². The van der Waals surface area contributed by atoms with Gasteiger partial charge in [-0.05, 0) is 26.0 Å². The van der Waals surface area contributed by atoms with Crippen LogP contribution in [-0.2, 0) is 0 Å². The molecule has 1 aromatic heterocycles. The summed E-state index contributed by atoms with van der Waals surface area (Å²) in [5.74, 6) is -2.49. The maximum Gasteiger partial charge on any atom is 0.260 e. The number of nitrogens with two attached hydrogens (primary N) is 1. The molecule has 1 amide bonds. The monoisotopic (exact) mass is 283 g/mol. The summed E-state index contributed by atoms with van der Waals surface area (Å²) < 4.78 is 26.8. The zero-order valence-electron chi connectivity index (χ0n) is 10.3. The second-order valence-electron chi connectivity index (χ2n) is 3.97. The van der Waals surface area contributed by atoms with E-state index >= 15 is 0 Å². The van der Waals surface area contributed by atoms with Crippen molar-refractivity contribution in [2.24, 2.45) is 0 Å². The minimum Gasteiger partial charge on any atom is -0.396 e. The van der Waals surface area contributed by atoms with E-state index < -0.39 is 28.8 Å². The number of nitrogen functional groups attached to an aromatic ring is 1. The standard InChI is InChI=1S/C12H11F2N3OS/c1-5-6(2)19-12(16-5)17-11(18)8-3-7(13)4-9(15)10(8)14/h3-4H,15H2,1-2H3,(H,16,17,18). The molecule has 2 aromatic rings. The normalized spacial score (nSPS) is 10.5. The van der Waals surface area contributed by atoms with E-state index in [2.05, 4.69) is 10.3 Å². The van der Waals surface area contributed by atoms with Crippen molar-refractivity contribution in [2.45, 2.75) is 13.8 Å². The molecule has 100 valence electrons. The van der Waals surface area contributed by atoms with E-state index in [1.807, 2.05) is 6.92 Å². The molecule has 0 spiro atoms. The molecule has 7 heteroatoms. The number of aromatic nitrogens is 1. The number of halogens is 2. The van der Waals surface area contributed by atoms with Gasteiger partial charge in [0.2, 0.25) is 0 Å². The Labute approximate surface area is 112 Å². The van der Waals surface area contributed by atoms with E-state index in [9.17, 15) is 13.6 Å². The van der Waals surface area contributed by atoms with Gasteiger partial charge in [0, 0.05) is 4.88 Å². The summed E-state index contributed by atoms with van der Waals surface area (Å²) in [7, 11) is 0. The average Bonchev–Trinajstić information content (AvgIpc) is 2.62. The molecule has 0 aliphatic rings. The summed E-state index contributed by atoms with van der Waals surface area (Å²) in [6.45, 7) is 3.64. The Morgan fingerprint density at radius 2 is 2.05 bits per heavy atom. The van der Waals surface area contributed by atoms with Crippen LogP contribution in [0.2, 0.25) is 0 Å². The van der Waals surface area contributed by atoms with Gasteiger partial charge in [-0.25, -0.2) is 13.8 Å². The van der Waals surface area contributed by atoms with Crippen LogP contribution >= 0.6 is 11.3 Å². The van der Waals surface area contributed by atoms with Crippen molar-refractivity contribution in [3.63, 3.8) is 0 Å². The van der Waals surface area contributed by atoms with E-state index in [0.29, 0.717) is 5.13 Å². The topological polar surface area (TPSA) is 68.0 Å². The fourth-order valence-electron chi connectivity index (χ4n) is 1.47. The predicted octanol–water partition coefficient (Wildman–Crippen LogP) is 2.87. The number of hydrogen-bond acceptors (Lipinski definition) is 4. The van der Waals surface area contributed by atoms with Crippen molar-refractivity contribution in [3.05, 3.63) is 39.9 Å². The largest absolute Gasteiger partial charge is 0.396 e. The van der Waals surface area contributed by atoms with Crippen LogP contribution in [0.25, 0.3) is 0 Å². The lowest BCUT2D eigenvalue weighted by Crippen LogP contribution is -2.15. The van der Waals surface area contributed by atoms with Crippen LogP contribution in [0.15, 0.2) is 12.1 Å². The van der Waals surface area contributed by atoms with Crippen LogP contribution in [0.4, 0.5) is 19.6 Å². The van der Waals surface area contributed by atoms with Crippen LogP contribution < -0.4 is 11.1 Å². The minimum absolute atomic E-state index is 0.335. The first kappa shape index (κ1) is 13.4. The van der Waals surface area contributed by atoms with Crippen LogP contribution in [0, 0.1) is 25.5 Å². The highest BCUT2D eigenvalue weighted by Crippen LogP contribution is 2.23. The number of benzene rings is 1. The molecule has 4 nitrogen and oxygen atoms in total. The van der Waals surface area contributed by atoms with Crippen molar-refractivity contribution >= 4 is 28.1 Å². The molecule has 0 saturated carbocycles. The molecule has 19 heavy (non-hydrogen) atoms. The quantitative estimate of drug-likeness (QED) is 0.833. The van der Waals surface area contributed by atoms with Crippen molar-refractivity contribution in [3.8, 4) is 0 Å². The first-order valence-electron chi connectivity index (χ1n) is 5.38. The zero-order chi connectivity index (χ0) is 14.2. The first-order chi connectivity index (χ1) is 8.88. The Bertz CT molecular complexity index is 635. The third-order valence-corrected chi connectivity index (χ3v) is 3.55. The number of hydrogen-bond donors (Lipinski definition) is 2. The SMILES string of the molecule is Cc1nc(NC(=O)c2cc(F)cc(N)c2F)sc1C. The zero-order valence-corrected chi connectivity index (χ0v) is 11.1. The molecule has 0 atom stereocenters. The number of aryl methyl sites for hydroxylation is 2. The molecule has 1 aromatic carbocycles. The highest BCUT2D eigenvalue weighted by molar-refractivity contribution is 7.15. The van der Waals surface area contributed by atoms with E-state index in [0.717, 1.165) is 22.7 Å². The Morgan fingerprint density at radius 1 is 1.37 bits per heavy atom. The van der Waals surface area contributed by atoms with Gasteiger partial charge < -0.3 is 5.73 Å². The fourth-order valence-corrected chi connectivity index (χ4v) is 2.28. The molecule has 0 unspecified atom stereocenters. The molecule has 0 aliphatic carbocycles. The minimum atomic E-state index is -0.941. The lowest BCUT2D eigenvalue weighted by atomic mass is 10.1. The smallest absolute Gasteiger partial charge is 0.260 e. The summed E-state index contributed by atoms with van der Waals surface area (Å²) in [5, 5.41) is 2.76. The molecule has 0 aliphatic heterocycles. The Kier molecular flexibility index (Phi) is 3.48. The molecule has 3 N–H and O–H groups in total. The predicted molar refractivity (Wildman–Crippen MR) is 70.3 cm³/mol. The lowest BCUT2D eigenvalue weighted by Gasteiger charge is -2.05. The van der Waals surface area contributed by atoms with Gasteiger partial charge in [0.1, 0.15) is 5.82 Å². The second-order valence-corrected chi connectivity index (χ2v) is 5.17. The van der Waals surface area contributed by atoms with Gasteiger partial charge in [0.25, 0.3) is 5.91 Å². The number of thiazole rings is 1. The van der Waals surface area contributed by atoms with Gasteiger partial charge in [-0.1, -0.05) is 0 Å². The molecule has 1 heterocycles. The van der Waals surface area contributed by atoms with Gasteiger partial charge in [-0.15, -0.1) is 11.3 Å². The highest BCUT2D eigenvalue weighted by Gasteiger charge is 2.17. The van der Waals surface area contributed by atoms with E-state index in [1.165, 1.54) is 11.3 Å². The molecule has 0 bridgehead atoms. The second kappa shape index (κ2) is 4.93. The number of carbonyl (C=O) groups excluding carboxylic acids is 1. The Balaban J connectivity index is 2.30. The van der Waals surface area contributed by atoms with Crippen molar-refractivity contribution in [1.82, 2.24) is 4.98 Å². The van der Waals surface area contributed by atoms with E-state index in [1.54, 1.807) is 6.92 Å². The summed E-state index contributed by atoms with van der Waals surface area (Å²) in [6, 6.07) is 1.62. The number of carbonyl (C=O) groups is 1. The number of nitrogens with zero attached hydrogens (tertiary/aromatic N) is 1. The van der Waals surface area contributed by atoms with E-state index in [-0.39, 0.29) is 0 Å². The van der Waals surface area contributed by atoms with Crippen molar-refractivity contribution < 1.29 is 13.6 Å². The summed E-state index contributed by atoms with van der Waals surface area (Å²) in [6.07, 6.45) is 0. The lowest BCUT2D eigenvalue weighted by molar-refractivity contribution is 0.102. The van der Waals surface area contributed by atoms with Crippen LogP contribution in [0.5, 0.6) is 0 Å². The third kappa shape index (κ3) is 2.70.